The highest BCUT2D eigenvalue weighted by atomic mass is 35.5. The van der Waals surface area contributed by atoms with E-state index in [1.165, 1.54) is 21.7 Å². The second-order valence-corrected chi connectivity index (χ2v) is 8.23. The van der Waals surface area contributed by atoms with Gasteiger partial charge in [0.15, 0.2) is 0 Å². The van der Waals surface area contributed by atoms with Crippen molar-refractivity contribution in [3.63, 3.8) is 0 Å². The van der Waals surface area contributed by atoms with Crippen LogP contribution in [0.15, 0.2) is 30.5 Å². The van der Waals surface area contributed by atoms with Gasteiger partial charge < -0.3 is 4.90 Å². The van der Waals surface area contributed by atoms with Gasteiger partial charge in [0.1, 0.15) is 18.2 Å². The lowest BCUT2D eigenvalue weighted by atomic mass is 9.95. The lowest BCUT2D eigenvalue weighted by molar-refractivity contribution is -0.137. The second-order valence-electron chi connectivity index (χ2n) is 7.85. The highest BCUT2D eigenvalue weighted by molar-refractivity contribution is 6.34. The highest BCUT2D eigenvalue weighted by Crippen LogP contribution is 2.37. The Hall–Kier alpha value is -3.01. The molecule has 0 fully saturated rings. The molecule has 3 aromatic rings. The molecule has 0 saturated heterocycles. The van der Waals surface area contributed by atoms with Crippen LogP contribution < -0.4 is 0 Å². The van der Waals surface area contributed by atoms with Gasteiger partial charge in [0.05, 0.1) is 40.6 Å². The summed E-state index contributed by atoms with van der Waals surface area (Å²) in [7, 11) is 0. The largest absolute Gasteiger partial charge is 0.417 e. The zero-order valence-electron chi connectivity index (χ0n) is 17.8. The minimum absolute atomic E-state index is 0.0868. The molecule has 4 rings (SSSR count). The first-order chi connectivity index (χ1) is 15.6. The standard InChI is InChI=1S/C22H20ClF4N5O/c1-12-10-15-18(28-13(2)29-20(15)17-6-8-31(30-17)9-7-24)11-32(12)21(33)14-4-3-5-16(19(14)23)22(25,26)27/h3-6,8,12H,7,9-11H2,1-2H3/t12-/m1/s1. The maximum Gasteiger partial charge on any atom is 0.417 e. The van der Waals surface area contributed by atoms with Crippen molar-refractivity contribution in [2.24, 2.45) is 0 Å². The molecule has 0 bridgehead atoms. The van der Waals surface area contributed by atoms with Crippen LogP contribution in [0.25, 0.3) is 11.4 Å². The molecule has 2 aromatic heterocycles. The van der Waals surface area contributed by atoms with Crippen LogP contribution in [0.2, 0.25) is 5.02 Å². The molecule has 0 N–H and O–H groups in total. The molecular weight excluding hydrogens is 462 g/mol. The molecule has 1 aromatic carbocycles. The third-order valence-electron chi connectivity index (χ3n) is 5.55. The summed E-state index contributed by atoms with van der Waals surface area (Å²) in [5.41, 5.74) is 1.30. The lowest BCUT2D eigenvalue weighted by Crippen LogP contribution is -2.43. The van der Waals surface area contributed by atoms with Gasteiger partial charge in [-0.05, 0) is 38.5 Å². The Bertz CT molecular complexity index is 1210. The Balaban J connectivity index is 1.70. The van der Waals surface area contributed by atoms with Crippen LogP contribution in [-0.4, -0.2) is 43.3 Å². The van der Waals surface area contributed by atoms with Gasteiger partial charge in [-0.2, -0.15) is 18.3 Å². The van der Waals surface area contributed by atoms with Crippen molar-refractivity contribution in [2.45, 2.75) is 45.6 Å². The fraction of sp³-hybridized carbons (Fsp3) is 0.364. The quantitative estimate of drug-likeness (QED) is 0.498. The molecule has 3 heterocycles. The van der Waals surface area contributed by atoms with Gasteiger partial charge in [-0.15, -0.1) is 0 Å². The Morgan fingerprint density at radius 3 is 2.70 bits per heavy atom. The minimum atomic E-state index is -4.67. The number of hydrogen-bond acceptors (Lipinski definition) is 4. The molecule has 0 spiro atoms. The fourth-order valence-electron chi connectivity index (χ4n) is 3.98. The number of nitrogens with zero attached hydrogens (tertiary/aromatic N) is 5. The van der Waals surface area contributed by atoms with Crippen LogP contribution in [0.3, 0.4) is 0 Å². The smallest absolute Gasteiger partial charge is 0.330 e. The second kappa shape index (κ2) is 8.74. The molecule has 6 nitrogen and oxygen atoms in total. The van der Waals surface area contributed by atoms with Gasteiger partial charge in [0.25, 0.3) is 5.91 Å². The third kappa shape index (κ3) is 4.44. The van der Waals surface area contributed by atoms with Crippen LogP contribution in [0.5, 0.6) is 0 Å². The molecule has 0 radical (unpaired) electrons. The van der Waals surface area contributed by atoms with Crippen molar-refractivity contribution >= 4 is 17.5 Å². The Morgan fingerprint density at radius 1 is 1.24 bits per heavy atom. The molecule has 174 valence electrons. The minimum Gasteiger partial charge on any atom is -0.330 e. The van der Waals surface area contributed by atoms with Crippen LogP contribution in [0, 0.1) is 6.92 Å². The predicted molar refractivity (Wildman–Crippen MR) is 113 cm³/mol. The van der Waals surface area contributed by atoms with Gasteiger partial charge in [0, 0.05) is 17.8 Å². The zero-order chi connectivity index (χ0) is 23.9. The van der Waals surface area contributed by atoms with Crippen molar-refractivity contribution in [3.05, 3.63) is 63.7 Å². The maximum absolute atomic E-state index is 13.3. The normalized spacial score (nSPS) is 16.1. The fourth-order valence-corrected chi connectivity index (χ4v) is 4.29. The summed E-state index contributed by atoms with van der Waals surface area (Å²) >= 11 is 5.98. The lowest BCUT2D eigenvalue weighted by Gasteiger charge is -2.35. The molecule has 1 atom stereocenters. The number of alkyl halides is 4. The summed E-state index contributed by atoms with van der Waals surface area (Å²) in [6.07, 6.45) is -2.63. The van der Waals surface area contributed by atoms with Crippen LogP contribution >= 0.6 is 11.6 Å². The number of aryl methyl sites for hydroxylation is 2. The van der Waals surface area contributed by atoms with Crippen molar-refractivity contribution in [3.8, 4) is 11.4 Å². The van der Waals surface area contributed by atoms with Crippen molar-refractivity contribution < 1.29 is 22.4 Å². The van der Waals surface area contributed by atoms with Crippen LogP contribution in [-0.2, 0) is 25.7 Å². The van der Waals surface area contributed by atoms with Crippen molar-refractivity contribution in [1.29, 1.82) is 0 Å². The zero-order valence-corrected chi connectivity index (χ0v) is 18.6. The van der Waals surface area contributed by atoms with Gasteiger partial charge in [-0.1, -0.05) is 17.7 Å². The SMILES string of the molecule is Cc1nc2c(c(-c3ccn(CCF)n3)n1)C[C@@H](C)N(C(=O)c1cccc(C(F)(F)F)c1Cl)C2. The van der Waals surface area contributed by atoms with E-state index in [1.54, 1.807) is 26.1 Å². The first kappa shape index (κ1) is 23.2. The van der Waals surface area contributed by atoms with Crippen LogP contribution in [0.1, 0.15) is 39.9 Å². The van der Waals surface area contributed by atoms with E-state index in [-0.39, 0.29) is 24.7 Å². The maximum atomic E-state index is 13.3. The molecule has 1 aliphatic heterocycles. The van der Waals surface area contributed by atoms with E-state index < -0.39 is 29.3 Å². The van der Waals surface area contributed by atoms with E-state index in [0.29, 0.717) is 29.3 Å². The monoisotopic (exact) mass is 481 g/mol. The highest BCUT2D eigenvalue weighted by Gasteiger charge is 2.37. The van der Waals surface area contributed by atoms with Crippen molar-refractivity contribution in [1.82, 2.24) is 24.6 Å². The summed E-state index contributed by atoms with van der Waals surface area (Å²) in [6.45, 7) is 3.17. The summed E-state index contributed by atoms with van der Waals surface area (Å²) < 4.78 is 53.9. The third-order valence-corrected chi connectivity index (χ3v) is 5.96. The molecule has 0 aliphatic carbocycles. The number of fused-ring (bicyclic) bond motifs is 1. The Kier molecular flexibility index (Phi) is 6.13. The molecule has 0 unspecified atom stereocenters. The molecule has 1 aliphatic rings. The average Bonchev–Trinajstić information content (AvgIpc) is 3.21. The van der Waals surface area contributed by atoms with E-state index in [0.717, 1.165) is 11.6 Å². The topological polar surface area (TPSA) is 63.9 Å². The van der Waals surface area contributed by atoms with E-state index >= 15 is 0 Å². The van der Waals surface area contributed by atoms with Crippen molar-refractivity contribution in [2.75, 3.05) is 6.67 Å². The number of carbonyl (C=O) groups excluding carboxylic acids is 1. The van der Waals surface area contributed by atoms with E-state index in [9.17, 15) is 22.4 Å². The van der Waals surface area contributed by atoms with Gasteiger partial charge in [0.2, 0.25) is 0 Å². The van der Waals surface area contributed by atoms with Gasteiger partial charge in [-0.3, -0.25) is 9.48 Å². The Labute approximate surface area is 192 Å². The molecule has 11 heteroatoms. The predicted octanol–water partition coefficient (Wildman–Crippen LogP) is 4.88. The number of benzene rings is 1. The molecule has 0 saturated carbocycles. The van der Waals surface area contributed by atoms with Crippen LogP contribution in [0.4, 0.5) is 17.6 Å². The summed E-state index contributed by atoms with van der Waals surface area (Å²) in [5.74, 6) is -0.142. The number of hydrogen-bond donors (Lipinski definition) is 0. The first-order valence-corrected chi connectivity index (χ1v) is 10.6. The number of halogens is 5. The van der Waals surface area contributed by atoms with Gasteiger partial charge >= 0.3 is 6.18 Å². The molecule has 1 amide bonds. The number of amides is 1. The summed E-state index contributed by atoms with van der Waals surface area (Å²) in [5, 5.41) is 3.75. The Morgan fingerprint density at radius 2 is 2.00 bits per heavy atom. The molecule has 33 heavy (non-hydrogen) atoms. The number of carbonyl (C=O) groups is 1. The summed E-state index contributed by atoms with van der Waals surface area (Å²) in [6, 6.07) is 4.69. The van der Waals surface area contributed by atoms with E-state index in [2.05, 4.69) is 15.1 Å². The average molecular weight is 482 g/mol. The van der Waals surface area contributed by atoms with E-state index in [4.69, 9.17) is 11.6 Å². The first-order valence-electron chi connectivity index (χ1n) is 10.2. The number of rotatable bonds is 4. The number of aromatic nitrogens is 4. The summed E-state index contributed by atoms with van der Waals surface area (Å²) in [4.78, 5) is 23.7. The van der Waals surface area contributed by atoms with E-state index in [1.807, 2.05) is 0 Å². The molecular formula is C22H20ClF4N5O. The van der Waals surface area contributed by atoms with Gasteiger partial charge in [-0.25, -0.2) is 14.4 Å².